The number of benzene rings is 1. The van der Waals surface area contributed by atoms with Crippen LogP contribution in [-0.2, 0) is 0 Å². The van der Waals surface area contributed by atoms with Gasteiger partial charge in [0.2, 0.25) is 0 Å². The Balaban J connectivity index is 2.64. The highest BCUT2D eigenvalue weighted by atomic mass is 15.0. The fourth-order valence-corrected chi connectivity index (χ4v) is 1.90. The van der Waals surface area contributed by atoms with E-state index in [1.807, 2.05) is 0 Å². The topological polar surface area (TPSA) is 38.7 Å². The van der Waals surface area contributed by atoms with Gasteiger partial charge in [0.25, 0.3) is 0 Å². The van der Waals surface area contributed by atoms with Crippen molar-refractivity contribution >= 4 is 0 Å². The summed E-state index contributed by atoms with van der Waals surface area (Å²) >= 11 is 0. The summed E-state index contributed by atoms with van der Waals surface area (Å²) in [6.07, 6.45) is 3.06. The molecular formula is C12H13N3. The number of hydrogen-bond acceptors (Lipinski definition) is 3. The van der Waals surface area contributed by atoms with Crippen molar-refractivity contribution in [2.45, 2.75) is 20.8 Å². The van der Waals surface area contributed by atoms with Gasteiger partial charge < -0.3 is 0 Å². The Bertz CT molecular complexity index is 454. The van der Waals surface area contributed by atoms with Gasteiger partial charge >= 0.3 is 0 Å². The molecule has 1 heterocycles. The summed E-state index contributed by atoms with van der Waals surface area (Å²) in [5, 5.41) is 0. The monoisotopic (exact) mass is 199 g/mol. The molecule has 2 rings (SSSR count). The van der Waals surface area contributed by atoms with Gasteiger partial charge in [0.15, 0.2) is 5.82 Å². The lowest BCUT2D eigenvalue weighted by atomic mass is 9.99. The average Bonchev–Trinajstić information content (AvgIpc) is 2.17. The van der Waals surface area contributed by atoms with E-state index in [9.17, 15) is 0 Å². The maximum absolute atomic E-state index is 4.18. The second kappa shape index (κ2) is 3.77. The van der Waals surface area contributed by atoms with E-state index in [0.717, 1.165) is 11.4 Å². The van der Waals surface area contributed by atoms with E-state index < -0.39 is 0 Å². The van der Waals surface area contributed by atoms with Crippen LogP contribution in [0.1, 0.15) is 16.7 Å². The second-order valence-corrected chi connectivity index (χ2v) is 3.74. The van der Waals surface area contributed by atoms with E-state index in [1.165, 1.54) is 29.3 Å². The van der Waals surface area contributed by atoms with Crippen LogP contribution in [0.15, 0.2) is 24.8 Å². The van der Waals surface area contributed by atoms with Crippen LogP contribution in [-0.4, -0.2) is 15.0 Å². The molecule has 0 radical (unpaired) electrons. The molecule has 3 heteroatoms. The maximum atomic E-state index is 4.18. The lowest BCUT2D eigenvalue weighted by molar-refractivity contribution is 1.05. The van der Waals surface area contributed by atoms with Crippen LogP contribution in [0.2, 0.25) is 0 Å². The number of nitrogens with zero attached hydrogens (tertiary/aromatic N) is 3. The Morgan fingerprint density at radius 3 is 1.93 bits per heavy atom. The molecular weight excluding hydrogens is 186 g/mol. The van der Waals surface area contributed by atoms with Crippen LogP contribution in [0.3, 0.4) is 0 Å². The fourth-order valence-electron chi connectivity index (χ4n) is 1.90. The van der Waals surface area contributed by atoms with Gasteiger partial charge in [-0.15, -0.1) is 0 Å². The van der Waals surface area contributed by atoms with Crippen molar-refractivity contribution in [3.63, 3.8) is 0 Å². The molecule has 76 valence electrons. The minimum Gasteiger partial charge on any atom is -0.225 e. The normalized spacial score (nSPS) is 10.3. The third kappa shape index (κ3) is 1.86. The Hall–Kier alpha value is -1.77. The average molecular weight is 199 g/mol. The third-order valence-corrected chi connectivity index (χ3v) is 2.39. The first-order valence-electron chi connectivity index (χ1n) is 4.88. The van der Waals surface area contributed by atoms with Crippen molar-refractivity contribution in [2.75, 3.05) is 0 Å². The zero-order valence-electron chi connectivity index (χ0n) is 9.15. The molecule has 0 unspecified atom stereocenters. The fraction of sp³-hybridized carbons (Fsp3) is 0.250. The van der Waals surface area contributed by atoms with E-state index in [4.69, 9.17) is 0 Å². The second-order valence-electron chi connectivity index (χ2n) is 3.74. The minimum absolute atomic E-state index is 0.750. The molecule has 1 aromatic heterocycles. The molecule has 0 saturated carbocycles. The summed E-state index contributed by atoms with van der Waals surface area (Å²) in [6, 6.07) is 4.29. The largest absolute Gasteiger partial charge is 0.225 e. The molecule has 0 aliphatic rings. The van der Waals surface area contributed by atoms with E-state index in [2.05, 4.69) is 47.9 Å². The molecule has 0 aliphatic carbocycles. The van der Waals surface area contributed by atoms with E-state index in [0.29, 0.717) is 0 Å². The van der Waals surface area contributed by atoms with Crippen LogP contribution in [0.5, 0.6) is 0 Å². The molecule has 0 bridgehead atoms. The molecule has 2 aromatic rings. The minimum atomic E-state index is 0.750. The molecule has 0 amide bonds. The highest BCUT2D eigenvalue weighted by Crippen LogP contribution is 2.24. The first-order chi connectivity index (χ1) is 7.18. The summed E-state index contributed by atoms with van der Waals surface area (Å²) in [5.41, 5.74) is 4.79. The molecule has 15 heavy (non-hydrogen) atoms. The summed E-state index contributed by atoms with van der Waals surface area (Å²) in [4.78, 5) is 12.2. The van der Waals surface area contributed by atoms with Gasteiger partial charge in [-0.3, -0.25) is 0 Å². The Morgan fingerprint density at radius 2 is 1.40 bits per heavy atom. The molecule has 0 fully saturated rings. The highest BCUT2D eigenvalue weighted by molar-refractivity contribution is 5.64. The summed E-state index contributed by atoms with van der Waals surface area (Å²) in [5.74, 6) is 0.750. The quantitative estimate of drug-likeness (QED) is 0.708. The van der Waals surface area contributed by atoms with E-state index >= 15 is 0 Å². The lowest BCUT2D eigenvalue weighted by Gasteiger charge is -2.08. The summed E-state index contributed by atoms with van der Waals surface area (Å²) in [7, 11) is 0. The zero-order valence-corrected chi connectivity index (χ0v) is 9.15. The number of rotatable bonds is 1. The number of aromatic nitrogens is 3. The van der Waals surface area contributed by atoms with Gasteiger partial charge in [-0.25, -0.2) is 15.0 Å². The van der Waals surface area contributed by atoms with Crippen molar-refractivity contribution in [3.05, 3.63) is 41.5 Å². The Morgan fingerprint density at radius 1 is 0.867 bits per heavy atom. The maximum Gasteiger partial charge on any atom is 0.163 e. The van der Waals surface area contributed by atoms with Gasteiger partial charge in [-0.2, -0.15) is 0 Å². The molecule has 0 spiro atoms. The van der Waals surface area contributed by atoms with Gasteiger partial charge in [0, 0.05) is 5.56 Å². The van der Waals surface area contributed by atoms with Crippen molar-refractivity contribution in [1.29, 1.82) is 0 Å². The van der Waals surface area contributed by atoms with Gasteiger partial charge in [-0.1, -0.05) is 17.7 Å². The smallest absolute Gasteiger partial charge is 0.163 e. The van der Waals surface area contributed by atoms with Crippen LogP contribution >= 0.6 is 0 Å². The highest BCUT2D eigenvalue weighted by Gasteiger charge is 2.08. The SMILES string of the molecule is Cc1cc(C)c(-c2ncncn2)c(C)c1. The van der Waals surface area contributed by atoms with E-state index in [1.54, 1.807) is 0 Å². The van der Waals surface area contributed by atoms with Crippen LogP contribution in [0.4, 0.5) is 0 Å². The van der Waals surface area contributed by atoms with Crippen molar-refractivity contribution in [1.82, 2.24) is 15.0 Å². The summed E-state index contributed by atoms with van der Waals surface area (Å²) in [6.45, 7) is 6.26. The molecule has 3 nitrogen and oxygen atoms in total. The van der Waals surface area contributed by atoms with Crippen molar-refractivity contribution in [3.8, 4) is 11.4 Å². The predicted octanol–water partition coefficient (Wildman–Crippen LogP) is 2.46. The zero-order chi connectivity index (χ0) is 10.8. The summed E-state index contributed by atoms with van der Waals surface area (Å²) < 4.78 is 0. The molecule has 0 aliphatic heterocycles. The molecule has 0 saturated heterocycles. The Kier molecular flexibility index (Phi) is 2.46. The van der Waals surface area contributed by atoms with Crippen molar-refractivity contribution in [2.24, 2.45) is 0 Å². The predicted molar refractivity (Wildman–Crippen MR) is 59.5 cm³/mol. The van der Waals surface area contributed by atoms with Gasteiger partial charge in [0.1, 0.15) is 12.7 Å². The Labute approximate surface area is 89.2 Å². The standard InChI is InChI=1S/C12H13N3/c1-8-4-9(2)11(10(3)5-8)12-14-6-13-7-15-12/h4-7H,1-3H3. The number of aryl methyl sites for hydroxylation is 3. The van der Waals surface area contributed by atoms with Gasteiger partial charge in [-0.05, 0) is 31.9 Å². The van der Waals surface area contributed by atoms with Gasteiger partial charge in [0.05, 0.1) is 0 Å². The molecule has 0 atom stereocenters. The van der Waals surface area contributed by atoms with Crippen LogP contribution < -0.4 is 0 Å². The van der Waals surface area contributed by atoms with Crippen LogP contribution in [0.25, 0.3) is 11.4 Å². The third-order valence-electron chi connectivity index (χ3n) is 2.39. The van der Waals surface area contributed by atoms with Crippen molar-refractivity contribution < 1.29 is 0 Å². The van der Waals surface area contributed by atoms with E-state index in [-0.39, 0.29) is 0 Å². The first-order valence-corrected chi connectivity index (χ1v) is 4.88. The number of hydrogen-bond donors (Lipinski definition) is 0. The lowest BCUT2D eigenvalue weighted by Crippen LogP contribution is -1.95. The molecule has 0 N–H and O–H groups in total. The molecule has 1 aromatic carbocycles. The van der Waals surface area contributed by atoms with Crippen LogP contribution in [0, 0.1) is 20.8 Å². The first kappa shape index (κ1) is 9.77.